The van der Waals surface area contributed by atoms with Crippen LogP contribution in [0.5, 0.6) is 0 Å². The second kappa shape index (κ2) is 7.66. The molecule has 4 heteroatoms. The van der Waals surface area contributed by atoms with Crippen LogP contribution in [0.15, 0.2) is 24.3 Å². The van der Waals surface area contributed by atoms with Crippen LogP contribution in [-0.4, -0.2) is 23.2 Å². The molecule has 0 radical (unpaired) electrons. The second-order valence-electron chi connectivity index (χ2n) is 3.32. The zero-order valence-corrected chi connectivity index (χ0v) is 12.3. The van der Waals surface area contributed by atoms with Crippen LogP contribution in [0.4, 0.5) is 0 Å². The predicted molar refractivity (Wildman–Crippen MR) is 74.5 cm³/mol. The highest BCUT2D eigenvalue weighted by Gasteiger charge is 2.04. The van der Waals surface area contributed by atoms with Gasteiger partial charge in [0.25, 0.3) is 0 Å². The number of alkyl halides is 2. The highest BCUT2D eigenvalue weighted by atomic mass is 79.9. The minimum Gasteiger partial charge on any atom is -0.315 e. The Bertz CT molecular complexity index is 276. The zero-order valence-electron chi connectivity index (χ0n) is 8.35. The van der Waals surface area contributed by atoms with E-state index in [-0.39, 0.29) is 0 Å². The summed E-state index contributed by atoms with van der Waals surface area (Å²) in [5, 5.41) is 5.13. The molecular formula is C11H14Br2ClN. The van der Waals surface area contributed by atoms with Crippen LogP contribution in [0.25, 0.3) is 0 Å². The van der Waals surface area contributed by atoms with E-state index in [1.54, 1.807) is 0 Å². The molecule has 1 atom stereocenters. The molecule has 0 amide bonds. The van der Waals surface area contributed by atoms with E-state index >= 15 is 0 Å². The average Bonchev–Trinajstić information content (AvgIpc) is 2.22. The van der Waals surface area contributed by atoms with Gasteiger partial charge >= 0.3 is 0 Å². The standard InChI is InChI=1S/C11H14Br2ClN/c12-5-6-15-8-10(13)7-9-1-3-11(14)4-2-9/h1-4,10,15H,5-8H2. The fourth-order valence-corrected chi connectivity index (χ4v) is 2.28. The molecule has 0 saturated carbocycles. The summed E-state index contributed by atoms with van der Waals surface area (Å²) in [6.07, 6.45) is 1.02. The van der Waals surface area contributed by atoms with E-state index in [0.717, 1.165) is 29.9 Å². The summed E-state index contributed by atoms with van der Waals surface area (Å²) in [4.78, 5) is 0.470. The van der Waals surface area contributed by atoms with Crippen molar-refractivity contribution in [2.75, 3.05) is 18.4 Å². The number of benzene rings is 1. The highest BCUT2D eigenvalue weighted by molar-refractivity contribution is 9.09. The van der Waals surface area contributed by atoms with E-state index in [0.29, 0.717) is 4.83 Å². The number of hydrogen-bond acceptors (Lipinski definition) is 1. The topological polar surface area (TPSA) is 12.0 Å². The molecule has 0 spiro atoms. The Labute approximate surface area is 113 Å². The van der Waals surface area contributed by atoms with Crippen molar-refractivity contribution in [1.29, 1.82) is 0 Å². The van der Waals surface area contributed by atoms with Crippen molar-refractivity contribution in [3.63, 3.8) is 0 Å². The Morgan fingerprint density at radius 2 is 1.93 bits per heavy atom. The summed E-state index contributed by atoms with van der Waals surface area (Å²) in [6.45, 7) is 1.98. The molecule has 0 fully saturated rings. The van der Waals surface area contributed by atoms with Gasteiger partial charge in [-0.1, -0.05) is 55.6 Å². The molecule has 1 aromatic rings. The van der Waals surface area contributed by atoms with E-state index < -0.39 is 0 Å². The maximum Gasteiger partial charge on any atom is 0.0406 e. The first-order valence-electron chi connectivity index (χ1n) is 4.87. The third-order valence-corrected chi connectivity index (χ3v) is 3.30. The van der Waals surface area contributed by atoms with Gasteiger partial charge in [-0.2, -0.15) is 0 Å². The zero-order chi connectivity index (χ0) is 11.1. The summed E-state index contributed by atoms with van der Waals surface area (Å²) < 4.78 is 0. The monoisotopic (exact) mass is 353 g/mol. The van der Waals surface area contributed by atoms with Gasteiger partial charge in [0.2, 0.25) is 0 Å². The first kappa shape index (κ1) is 13.5. The minimum atomic E-state index is 0.470. The molecule has 0 aromatic heterocycles. The summed E-state index contributed by atoms with van der Waals surface area (Å²) in [5.41, 5.74) is 1.31. The molecule has 1 unspecified atom stereocenters. The van der Waals surface area contributed by atoms with Gasteiger partial charge in [0.1, 0.15) is 0 Å². The van der Waals surface area contributed by atoms with Gasteiger partial charge in [0, 0.05) is 28.3 Å². The summed E-state index contributed by atoms with van der Waals surface area (Å²) in [5.74, 6) is 0. The van der Waals surface area contributed by atoms with Crippen LogP contribution in [-0.2, 0) is 6.42 Å². The Morgan fingerprint density at radius 3 is 2.53 bits per heavy atom. The van der Waals surface area contributed by atoms with Crippen molar-refractivity contribution in [3.05, 3.63) is 34.9 Å². The Balaban J connectivity index is 2.31. The lowest BCUT2D eigenvalue weighted by Crippen LogP contribution is -2.25. The van der Waals surface area contributed by atoms with Gasteiger partial charge in [-0.25, -0.2) is 0 Å². The van der Waals surface area contributed by atoms with Gasteiger partial charge in [-0.3, -0.25) is 0 Å². The van der Waals surface area contributed by atoms with Crippen molar-refractivity contribution in [3.8, 4) is 0 Å². The van der Waals surface area contributed by atoms with Gasteiger partial charge < -0.3 is 5.32 Å². The highest BCUT2D eigenvalue weighted by Crippen LogP contribution is 2.13. The number of hydrogen-bond donors (Lipinski definition) is 1. The van der Waals surface area contributed by atoms with Crippen molar-refractivity contribution >= 4 is 43.5 Å². The fourth-order valence-electron chi connectivity index (χ4n) is 1.27. The maximum atomic E-state index is 5.82. The molecule has 84 valence electrons. The van der Waals surface area contributed by atoms with E-state index in [1.165, 1.54) is 5.56 Å². The first-order valence-corrected chi connectivity index (χ1v) is 7.29. The largest absolute Gasteiger partial charge is 0.315 e. The van der Waals surface area contributed by atoms with Gasteiger partial charge in [-0.15, -0.1) is 0 Å². The lowest BCUT2D eigenvalue weighted by Gasteiger charge is -2.10. The molecule has 1 aromatic carbocycles. The normalized spacial score (nSPS) is 12.7. The SMILES string of the molecule is Clc1ccc(CC(Br)CNCCBr)cc1. The van der Waals surface area contributed by atoms with Crippen LogP contribution in [0.1, 0.15) is 5.56 Å². The summed E-state index contributed by atoms with van der Waals surface area (Å²) in [7, 11) is 0. The summed E-state index contributed by atoms with van der Waals surface area (Å²) in [6, 6.07) is 8.01. The van der Waals surface area contributed by atoms with Gasteiger partial charge in [0.05, 0.1) is 0 Å². The number of rotatable bonds is 6. The van der Waals surface area contributed by atoms with E-state index in [9.17, 15) is 0 Å². The van der Waals surface area contributed by atoms with Crippen molar-refractivity contribution < 1.29 is 0 Å². The molecule has 0 bridgehead atoms. The van der Waals surface area contributed by atoms with Crippen molar-refractivity contribution in [1.82, 2.24) is 5.32 Å². The number of nitrogens with one attached hydrogen (secondary N) is 1. The molecule has 0 aliphatic carbocycles. The summed E-state index contributed by atoms with van der Waals surface area (Å²) >= 11 is 12.9. The Morgan fingerprint density at radius 1 is 1.27 bits per heavy atom. The maximum absolute atomic E-state index is 5.82. The molecular weight excluding hydrogens is 341 g/mol. The first-order chi connectivity index (χ1) is 7.22. The quantitative estimate of drug-likeness (QED) is 0.607. The van der Waals surface area contributed by atoms with Crippen molar-refractivity contribution in [2.45, 2.75) is 11.2 Å². The second-order valence-corrected chi connectivity index (χ2v) is 5.85. The number of halogens is 3. The third kappa shape index (κ3) is 5.91. The predicted octanol–water partition coefficient (Wildman–Crippen LogP) is 3.63. The Hall–Kier alpha value is 0.430. The van der Waals surface area contributed by atoms with Crippen LogP contribution in [0.2, 0.25) is 5.02 Å². The molecule has 0 saturated heterocycles. The molecule has 1 nitrogen and oxygen atoms in total. The van der Waals surface area contributed by atoms with Crippen molar-refractivity contribution in [2.24, 2.45) is 0 Å². The Kier molecular flexibility index (Phi) is 6.89. The fraction of sp³-hybridized carbons (Fsp3) is 0.455. The lowest BCUT2D eigenvalue weighted by atomic mass is 10.1. The molecule has 0 aliphatic heterocycles. The van der Waals surface area contributed by atoms with Crippen LogP contribution < -0.4 is 5.32 Å². The van der Waals surface area contributed by atoms with E-state index in [4.69, 9.17) is 11.6 Å². The molecule has 0 aliphatic rings. The van der Waals surface area contributed by atoms with E-state index in [1.807, 2.05) is 12.1 Å². The van der Waals surface area contributed by atoms with Crippen LogP contribution >= 0.6 is 43.5 Å². The van der Waals surface area contributed by atoms with Crippen LogP contribution in [0, 0.1) is 0 Å². The van der Waals surface area contributed by atoms with E-state index in [2.05, 4.69) is 49.3 Å². The van der Waals surface area contributed by atoms with Gasteiger partial charge in [0.15, 0.2) is 0 Å². The molecule has 0 heterocycles. The average molecular weight is 356 g/mol. The van der Waals surface area contributed by atoms with Crippen LogP contribution in [0.3, 0.4) is 0 Å². The molecule has 15 heavy (non-hydrogen) atoms. The lowest BCUT2D eigenvalue weighted by molar-refractivity contribution is 0.696. The third-order valence-electron chi connectivity index (χ3n) is 2.01. The minimum absolute atomic E-state index is 0.470. The smallest absolute Gasteiger partial charge is 0.0406 e. The molecule has 1 rings (SSSR count). The van der Waals surface area contributed by atoms with Gasteiger partial charge in [-0.05, 0) is 24.1 Å². The molecule has 1 N–H and O–H groups in total.